The van der Waals surface area contributed by atoms with Crippen molar-refractivity contribution in [3.8, 4) is 5.75 Å². The van der Waals surface area contributed by atoms with E-state index in [-0.39, 0.29) is 37.5 Å². The molecule has 9 heteroatoms. The van der Waals surface area contributed by atoms with Gasteiger partial charge in [0.05, 0.1) is 37.8 Å². The van der Waals surface area contributed by atoms with Crippen molar-refractivity contribution >= 4 is 29.1 Å². The van der Waals surface area contributed by atoms with Crippen LogP contribution >= 0.6 is 0 Å². The van der Waals surface area contributed by atoms with Crippen LogP contribution in [0.5, 0.6) is 5.75 Å². The fourth-order valence-corrected chi connectivity index (χ4v) is 4.21. The number of likely N-dealkylation sites (tertiary alicyclic amines) is 1. The summed E-state index contributed by atoms with van der Waals surface area (Å²) >= 11 is 0. The minimum absolute atomic E-state index is 0.116. The van der Waals surface area contributed by atoms with Crippen LogP contribution in [0.2, 0.25) is 0 Å². The molecule has 1 atom stereocenters. The quantitative estimate of drug-likeness (QED) is 0.384. The molecule has 172 valence electrons. The Labute approximate surface area is 190 Å². The van der Waals surface area contributed by atoms with E-state index in [2.05, 4.69) is 0 Å². The van der Waals surface area contributed by atoms with Crippen molar-refractivity contribution in [3.63, 3.8) is 0 Å². The lowest BCUT2D eigenvalue weighted by molar-refractivity contribution is -0.151. The monoisotopic (exact) mass is 451 g/mol. The number of hydrogen-bond acceptors (Lipinski definition) is 6. The van der Waals surface area contributed by atoms with E-state index < -0.39 is 11.9 Å². The Morgan fingerprint density at radius 2 is 1.79 bits per heavy atom. The van der Waals surface area contributed by atoms with Gasteiger partial charge in [0.2, 0.25) is 5.91 Å². The number of imide groups is 1. The Kier molecular flexibility index (Phi) is 6.41. The maximum Gasteiger partial charge on any atom is 0.329 e. The summed E-state index contributed by atoms with van der Waals surface area (Å²) in [5.74, 6) is -0.0149. The summed E-state index contributed by atoms with van der Waals surface area (Å²) in [4.78, 5) is 51.9. The molecular formula is C24H25N3O6. The van der Waals surface area contributed by atoms with Crippen molar-refractivity contribution in [2.45, 2.75) is 32.0 Å². The van der Waals surface area contributed by atoms with E-state index in [0.29, 0.717) is 35.2 Å². The lowest BCUT2D eigenvalue weighted by Crippen LogP contribution is -2.47. The first-order valence-electron chi connectivity index (χ1n) is 10.6. The molecule has 0 saturated carbocycles. The Hall–Kier alpha value is -3.72. The molecule has 1 aromatic heterocycles. The summed E-state index contributed by atoms with van der Waals surface area (Å²) in [5, 5.41) is 0. The van der Waals surface area contributed by atoms with Crippen molar-refractivity contribution in [1.82, 2.24) is 14.0 Å². The molecule has 33 heavy (non-hydrogen) atoms. The fourth-order valence-electron chi connectivity index (χ4n) is 4.21. The second kappa shape index (κ2) is 9.41. The molecule has 1 aliphatic rings. The number of hydrogen-bond donors (Lipinski definition) is 0. The summed E-state index contributed by atoms with van der Waals surface area (Å²) < 4.78 is 13.2. The smallest absolute Gasteiger partial charge is 0.329 e. The van der Waals surface area contributed by atoms with Crippen LogP contribution in [0.4, 0.5) is 0 Å². The number of rotatable bonds is 8. The van der Waals surface area contributed by atoms with Crippen molar-refractivity contribution in [3.05, 3.63) is 64.1 Å². The number of amides is 2. The summed E-state index contributed by atoms with van der Waals surface area (Å²) in [5.41, 5.74) is 1.93. The van der Waals surface area contributed by atoms with E-state index in [1.54, 1.807) is 49.6 Å². The van der Waals surface area contributed by atoms with E-state index >= 15 is 0 Å². The lowest BCUT2D eigenvalue weighted by Gasteiger charge is -2.31. The van der Waals surface area contributed by atoms with Gasteiger partial charge >= 0.3 is 5.69 Å². The van der Waals surface area contributed by atoms with Gasteiger partial charge in [-0.05, 0) is 42.3 Å². The van der Waals surface area contributed by atoms with Crippen LogP contribution < -0.4 is 10.4 Å². The van der Waals surface area contributed by atoms with Crippen LogP contribution in [-0.2, 0) is 27.4 Å². The van der Waals surface area contributed by atoms with Crippen LogP contribution in [0, 0.1) is 0 Å². The highest BCUT2D eigenvalue weighted by Gasteiger charge is 2.37. The predicted octanol–water partition coefficient (Wildman–Crippen LogP) is 2.16. The molecule has 0 aliphatic carbocycles. The Morgan fingerprint density at radius 1 is 1.03 bits per heavy atom. The zero-order valence-electron chi connectivity index (χ0n) is 18.5. The van der Waals surface area contributed by atoms with Crippen LogP contribution in [-0.4, -0.2) is 53.0 Å². The molecule has 1 saturated heterocycles. The second-order valence-electron chi connectivity index (χ2n) is 7.88. The van der Waals surface area contributed by atoms with Crippen LogP contribution in [0.3, 0.4) is 0 Å². The van der Waals surface area contributed by atoms with Crippen molar-refractivity contribution in [2.75, 3.05) is 20.8 Å². The third-order valence-electron chi connectivity index (χ3n) is 5.94. The summed E-state index contributed by atoms with van der Waals surface area (Å²) in [6.45, 7) is 0.687. The SMILES string of the molecule is COCCn1c(=O)n(C2CCC(=O)N(Cc3ccc(OC)cc3)C2=O)c2ccc(C=O)cc21. The molecule has 3 aromatic rings. The zero-order chi connectivity index (χ0) is 23.5. The van der Waals surface area contributed by atoms with Gasteiger partial charge < -0.3 is 9.47 Å². The van der Waals surface area contributed by atoms with E-state index in [9.17, 15) is 19.2 Å². The van der Waals surface area contributed by atoms with Gasteiger partial charge in [0, 0.05) is 19.1 Å². The first kappa shape index (κ1) is 22.5. The highest BCUT2D eigenvalue weighted by molar-refractivity contribution is 6.00. The van der Waals surface area contributed by atoms with Gasteiger partial charge in [0.1, 0.15) is 18.1 Å². The molecule has 1 fully saturated rings. The lowest BCUT2D eigenvalue weighted by atomic mass is 10.0. The van der Waals surface area contributed by atoms with Gasteiger partial charge in [-0.2, -0.15) is 0 Å². The third kappa shape index (κ3) is 4.19. The number of ether oxygens (including phenoxy) is 2. The van der Waals surface area contributed by atoms with Crippen molar-refractivity contribution in [1.29, 1.82) is 0 Å². The number of aromatic nitrogens is 2. The number of imidazole rings is 1. The fraction of sp³-hybridized carbons (Fsp3) is 0.333. The zero-order valence-corrected chi connectivity index (χ0v) is 18.5. The van der Waals surface area contributed by atoms with Gasteiger partial charge in [0.25, 0.3) is 5.91 Å². The molecule has 1 aliphatic heterocycles. The average molecular weight is 451 g/mol. The predicted molar refractivity (Wildman–Crippen MR) is 120 cm³/mol. The number of methoxy groups -OCH3 is 2. The van der Waals surface area contributed by atoms with E-state index in [1.807, 2.05) is 0 Å². The number of carbonyl (C=O) groups excluding carboxylic acids is 3. The van der Waals surface area contributed by atoms with Crippen LogP contribution in [0.25, 0.3) is 11.0 Å². The maximum atomic E-state index is 13.4. The second-order valence-corrected chi connectivity index (χ2v) is 7.88. The van der Waals surface area contributed by atoms with E-state index in [0.717, 1.165) is 5.56 Å². The van der Waals surface area contributed by atoms with Gasteiger partial charge in [-0.15, -0.1) is 0 Å². The number of piperidine rings is 1. The number of aldehydes is 1. The van der Waals surface area contributed by atoms with Crippen LogP contribution in [0.15, 0.2) is 47.3 Å². The highest BCUT2D eigenvalue weighted by atomic mass is 16.5. The van der Waals surface area contributed by atoms with Gasteiger partial charge in [-0.3, -0.25) is 28.4 Å². The average Bonchev–Trinajstić information content (AvgIpc) is 3.11. The van der Waals surface area contributed by atoms with Crippen molar-refractivity contribution < 1.29 is 23.9 Å². The number of benzene rings is 2. The number of carbonyl (C=O) groups is 3. The Bertz CT molecular complexity index is 1260. The molecule has 0 spiro atoms. The Balaban J connectivity index is 1.73. The molecule has 9 nitrogen and oxygen atoms in total. The largest absolute Gasteiger partial charge is 0.497 e. The first-order valence-corrected chi connectivity index (χ1v) is 10.6. The molecule has 4 rings (SSSR count). The summed E-state index contributed by atoms with van der Waals surface area (Å²) in [6, 6.07) is 11.2. The molecule has 2 heterocycles. The summed E-state index contributed by atoms with van der Waals surface area (Å²) in [6.07, 6.45) is 1.09. The molecule has 0 bridgehead atoms. The molecular weight excluding hydrogens is 426 g/mol. The number of fused-ring (bicyclic) bond motifs is 1. The van der Waals surface area contributed by atoms with Gasteiger partial charge in [-0.25, -0.2) is 4.79 Å². The van der Waals surface area contributed by atoms with Gasteiger partial charge in [-0.1, -0.05) is 12.1 Å². The topological polar surface area (TPSA) is 99.8 Å². The minimum Gasteiger partial charge on any atom is -0.497 e. The summed E-state index contributed by atoms with van der Waals surface area (Å²) in [7, 11) is 3.10. The standard InChI is InChI=1S/C24H25N3O6/c1-32-12-11-25-21-13-17(15-28)5-8-19(21)27(24(25)31)20-9-10-22(29)26(23(20)30)14-16-3-6-18(33-2)7-4-16/h3-8,13,15,20H,9-12,14H2,1-2H3. The molecule has 0 radical (unpaired) electrons. The molecule has 1 unspecified atom stereocenters. The van der Waals surface area contributed by atoms with Crippen molar-refractivity contribution in [2.24, 2.45) is 0 Å². The van der Waals surface area contributed by atoms with E-state index in [4.69, 9.17) is 9.47 Å². The van der Waals surface area contributed by atoms with Gasteiger partial charge in [0.15, 0.2) is 0 Å². The van der Waals surface area contributed by atoms with E-state index in [1.165, 1.54) is 21.1 Å². The van der Waals surface area contributed by atoms with Crippen LogP contribution in [0.1, 0.15) is 34.8 Å². The molecule has 2 amide bonds. The molecule has 2 aromatic carbocycles. The minimum atomic E-state index is -0.818. The maximum absolute atomic E-state index is 13.4. The first-order chi connectivity index (χ1) is 16.0. The normalized spacial score (nSPS) is 16.4. The highest BCUT2D eigenvalue weighted by Crippen LogP contribution is 2.28. The third-order valence-corrected chi connectivity index (χ3v) is 5.94. The molecule has 0 N–H and O–H groups in total. The Morgan fingerprint density at radius 3 is 2.45 bits per heavy atom. The number of nitrogens with zero attached hydrogens (tertiary/aromatic N) is 3.